The second-order valence-electron chi connectivity index (χ2n) is 4.86. The average molecular weight is 233 g/mol. The van der Waals surface area contributed by atoms with Crippen molar-refractivity contribution < 1.29 is 4.74 Å². The van der Waals surface area contributed by atoms with Crippen LogP contribution in [0.2, 0.25) is 0 Å². The molecule has 1 aliphatic heterocycles. The standard InChI is InChI=1S/C15H23NO/c1-2-13-3-5-14(6-4-13)11-16-12-15-7-9-17-10-8-15/h3-6,15-16H,2,7-12H2,1H3. The Hall–Kier alpha value is -0.860. The molecule has 0 unspecified atom stereocenters. The van der Waals surface area contributed by atoms with Crippen LogP contribution in [0.4, 0.5) is 0 Å². The Morgan fingerprint density at radius 2 is 1.76 bits per heavy atom. The van der Waals surface area contributed by atoms with E-state index in [4.69, 9.17) is 4.74 Å². The molecule has 2 rings (SSSR count). The molecule has 1 aromatic rings. The molecule has 1 saturated heterocycles. The van der Waals surface area contributed by atoms with E-state index in [1.807, 2.05) is 0 Å². The maximum Gasteiger partial charge on any atom is 0.0469 e. The first-order chi connectivity index (χ1) is 8.38. The zero-order chi connectivity index (χ0) is 11.9. The highest BCUT2D eigenvalue weighted by atomic mass is 16.5. The lowest BCUT2D eigenvalue weighted by Crippen LogP contribution is -2.27. The van der Waals surface area contributed by atoms with Gasteiger partial charge >= 0.3 is 0 Å². The molecule has 1 fully saturated rings. The quantitative estimate of drug-likeness (QED) is 0.844. The zero-order valence-corrected chi connectivity index (χ0v) is 10.7. The van der Waals surface area contributed by atoms with Crippen LogP contribution in [-0.4, -0.2) is 19.8 Å². The lowest BCUT2D eigenvalue weighted by Gasteiger charge is -2.22. The predicted molar refractivity (Wildman–Crippen MR) is 71.1 cm³/mol. The fourth-order valence-corrected chi connectivity index (χ4v) is 2.26. The van der Waals surface area contributed by atoms with Crippen molar-refractivity contribution >= 4 is 0 Å². The Labute approximate surface area is 104 Å². The van der Waals surface area contributed by atoms with Gasteiger partial charge < -0.3 is 10.1 Å². The molecule has 94 valence electrons. The van der Waals surface area contributed by atoms with Crippen molar-refractivity contribution in [3.8, 4) is 0 Å². The number of aryl methyl sites for hydroxylation is 1. The van der Waals surface area contributed by atoms with Gasteiger partial charge in [0.25, 0.3) is 0 Å². The molecular weight excluding hydrogens is 210 g/mol. The van der Waals surface area contributed by atoms with Crippen molar-refractivity contribution in [3.05, 3.63) is 35.4 Å². The minimum Gasteiger partial charge on any atom is -0.381 e. The van der Waals surface area contributed by atoms with Crippen LogP contribution < -0.4 is 5.32 Å². The number of hydrogen-bond donors (Lipinski definition) is 1. The van der Waals surface area contributed by atoms with Crippen LogP contribution in [-0.2, 0) is 17.7 Å². The molecule has 0 aromatic heterocycles. The van der Waals surface area contributed by atoms with Gasteiger partial charge in [-0.1, -0.05) is 31.2 Å². The van der Waals surface area contributed by atoms with E-state index < -0.39 is 0 Å². The van der Waals surface area contributed by atoms with E-state index in [1.165, 1.54) is 24.0 Å². The van der Waals surface area contributed by atoms with Gasteiger partial charge in [0, 0.05) is 19.8 Å². The first-order valence-corrected chi connectivity index (χ1v) is 6.74. The number of benzene rings is 1. The Morgan fingerprint density at radius 3 is 2.41 bits per heavy atom. The van der Waals surface area contributed by atoms with Gasteiger partial charge in [-0.25, -0.2) is 0 Å². The van der Waals surface area contributed by atoms with Gasteiger partial charge in [-0.05, 0) is 42.9 Å². The lowest BCUT2D eigenvalue weighted by molar-refractivity contribution is 0.0662. The van der Waals surface area contributed by atoms with Crippen LogP contribution in [0.15, 0.2) is 24.3 Å². The third kappa shape index (κ3) is 4.14. The summed E-state index contributed by atoms with van der Waals surface area (Å²) in [5.74, 6) is 0.804. The molecule has 0 aliphatic carbocycles. The normalized spacial score (nSPS) is 17.2. The maximum absolute atomic E-state index is 5.36. The average Bonchev–Trinajstić information content (AvgIpc) is 2.41. The predicted octanol–water partition coefficient (Wildman–Crippen LogP) is 2.77. The summed E-state index contributed by atoms with van der Waals surface area (Å²) in [6, 6.07) is 8.92. The Morgan fingerprint density at radius 1 is 1.12 bits per heavy atom. The van der Waals surface area contributed by atoms with Gasteiger partial charge in [0.05, 0.1) is 0 Å². The number of nitrogens with one attached hydrogen (secondary N) is 1. The van der Waals surface area contributed by atoms with Gasteiger partial charge in [-0.15, -0.1) is 0 Å². The first kappa shape index (κ1) is 12.6. The fourth-order valence-electron chi connectivity index (χ4n) is 2.26. The fraction of sp³-hybridized carbons (Fsp3) is 0.600. The Bertz CT molecular complexity index is 314. The van der Waals surface area contributed by atoms with Gasteiger partial charge in [0.2, 0.25) is 0 Å². The molecule has 1 N–H and O–H groups in total. The molecule has 0 spiro atoms. The second-order valence-corrected chi connectivity index (χ2v) is 4.86. The van der Waals surface area contributed by atoms with Crippen LogP contribution in [0.5, 0.6) is 0 Å². The molecule has 1 aromatic carbocycles. The topological polar surface area (TPSA) is 21.3 Å². The van der Waals surface area contributed by atoms with E-state index in [0.717, 1.165) is 38.6 Å². The van der Waals surface area contributed by atoms with Crippen molar-refractivity contribution in [2.45, 2.75) is 32.7 Å². The summed E-state index contributed by atoms with van der Waals surface area (Å²) in [4.78, 5) is 0. The summed E-state index contributed by atoms with van der Waals surface area (Å²) in [5.41, 5.74) is 2.80. The monoisotopic (exact) mass is 233 g/mol. The van der Waals surface area contributed by atoms with E-state index in [2.05, 4.69) is 36.5 Å². The SMILES string of the molecule is CCc1ccc(CNCC2CCOCC2)cc1. The van der Waals surface area contributed by atoms with Gasteiger partial charge in [-0.3, -0.25) is 0 Å². The van der Waals surface area contributed by atoms with Crippen LogP contribution >= 0.6 is 0 Å². The molecule has 17 heavy (non-hydrogen) atoms. The van der Waals surface area contributed by atoms with Crippen molar-refractivity contribution in [2.24, 2.45) is 5.92 Å². The summed E-state index contributed by atoms with van der Waals surface area (Å²) in [6.45, 7) is 6.19. The second kappa shape index (κ2) is 6.77. The third-order valence-electron chi connectivity index (χ3n) is 3.53. The largest absolute Gasteiger partial charge is 0.381 e. The Balaban J connectivity index is 1.69. The zero-order valence-electron chi connectivity index (χ0n) is 10.7. The molecule has 1 aliphatic rings. The highest BCUT2D eigenvalue weighted by Gasteiger charge is 2.12. The van der Waals surface area contributed by atoms with E-state index in [-0.39, 0.29) is 0 Å². The van der Waals surface area contributed by atoms with E-state index >= 15 is 0 Å². The minimum absolute atomic E-state index is 0.804. The molecule has 0 amide bonds. The van der Waals surface area contributed by atoms with Crippen LogP contribution in [0.3, 0.4) is 0 Å². The summed E-state index contributed by atoms with van der Waals surface area (Å²) in [7, 11) is 0. The van der Waals surface area contributed by atoms with E-state index in [9.17, 15) is 0 Å². The number of hydrogen-bond acceptors (Lipinski definition) is 2. The highest BCUT2D eigenvalue weighted by Crippen LogP contribution is 2.13. The first-order valence-electron chi connectivity index (χ1n) is 6.74. The summed E-state index contributed by atoms with van der Waals surface area (Å²) < 4.78 is 5.36. The maximum atomic E-state index is 5.36. The Kier molecular flexibility index (Phi) is 5.02. The van der Waals surface area contributed by atoms with Crippen LogP contribution in [0, 0.1) is 5.92 Å². The van der Waals surface area contributed by atoms with Gasteiger partial charge in [-0.2, -0.15) is 0 Å². The van der Waals surface area contributed by atoms with Crippen molar-refractivity contribution in [3.63, 3.8) is 0 Å². The van der Waals surface area contributed by atoms with Crippen molar-refractivity contribution in [1.82, 2.24) is 5.32 Å². The van der Waals surface area contributed by atoms with Crippen LogP contribution in [0.1, 0.15) is 30.9 Å². The van der Waals surface area contributed by atoms with Crippen LogP contribution in [0.25, 0.3) is 0 Å². The lowest BCUT2D eigenvalue weighted by atomic mass is 10.0. The van der Waals surface area contributed by atoms with Crippen molar-refractivity contribution in [1.29, 1.82) is 0 Å². The summed E-state index contributed by atoms with van der Waals surface area (Å²) >= 11 is 0. The molecule has 0 radical (unpaired) electrons. The molecule has 1 heterocycles. The molecule has 2 heteroatoms. The highest BCUT2D eigenvalue weighted by molar-refractivity contribution is 5.22. The van der Waals surface area contributed by atoms with Gasteiger partial charge in [0.1, 0.15) is 0 Å². The number of rotatable bonds is 5. The third-order valence-corrected chi connectivity index (χ3v) is 3.53. The van der Waals surface area contributed by atoms with Crippen molar-refractivity contribution in [2.75, 3.05) is 19.8 Å². The molecule has 0 saturated carbocycles. The molecule has 2 nitrogen and oxygen atoms in total. The molecular formula is C15H23NO. The smallest absolute Gasteiger partial charge is 0.0469 e. The van der Waals surface area contributed by atoms with E-state index in [0.29, 0.717) is 0 Å². The summed E-state index contributed by atoms with van der Waals surface area (Å²) in [6.07, 6.45) is 3.54. The molecule has 0 atom stereocenters. The number of ether oxygens (including phenoxy) is 1. The van der Waals surface area contributed by atoms with E-state index in [1.54, 1.807) is 0 Å². The molecule has 0 bridgehead atoms. The van der Waals surface area contributed by atoms with Gasteiger partial charge in [0.15, 0.2) is 0 Å². The minimum atomic E-state index is 0.804. The summed E-state index contributed by atoms with van der Waals surface area (Å²) in [5, 5.41) is 3.55.